The molecule has 3 heterocycles. The molecule has 0 saturated carbocycles. The first-order valence-electron chi connectivity index (χ1n) is 8.61. The molecule has 1 N–H and O–H groups in total. The summed E-state index contributed by atoms with van der Waals surface area (Å²) in [5.41, 5.74) is 0.322. The Hall–Kier alpha value is -1.90. The van der Waals surface area contributed by atoms with Crippen molar-refractivity contribution >= 4 is 5.91 Å². The van der Waals surface area contributed by atoms with Crippen molar-refractivity contribution in [3.05, 3.63) is 23.9 Å². The fraction of sp³-hybridized carbons (Fsp3) is 0.647. The molecular formula is C17H21F4N3O2. The Bertz CT molecular complexity index is 613. The van der Waals surface area contributed by atoms with Crippen LogP contribution in [0.2, 0.25) is 0 Å². The van der Waals surface area contributed by atoms with Crippen molar-refractivity contribution in [2.24, 2.45) is 11.8 Å². The largest absolute Gasteiger partial charge is 0.471 e. The number of fused-ring (bicyclic) bond motifs is 1. The third kappa shape index (κ3) is 4.25. The van der Waals surface area contributed by atoms with Gasteiger partial charge in [0.05, 0.1) is 5.56 Å². The van der Waals surface area contributed by atoms with Crippen LogP contribution < -0.4 is 10.1 Å². The van der Waals surface area contributed by atoms with Gasteiger partial charge in [0.25, 0.3) is 5.91 Å². The van der Waals surface area contributed by atoms with Crippen LogP contribution in [0.4, 0.5) is 17.6 Å². The molecule has 0 bridgehead atoms. The summed E-state index contributed by atoms with van der Waals surface area (Å²) in [6.07, 6.45) is -0.687. The van der Waals surface area contributed by atoms with Crippen LogP contribution in [0, 0.1) is 11.8 Å². The van der Waals surface area contributed by atoms with E-state index >= 15 is 0 Å². The second-order valence-electron chi connectivity index (χ2n) is 6.78. The lowest BCUT2D eigenvalue weighted by Crippen LogP contribution is -2.34. The predicted molar refractivity (Wildman–Crippen MR) is 85.7 cm³/mol. The zero-order valence-electron chi connectivity index (χ0n) is 14.1. The van der Waals surface area contributed by atoms with Gasteiger partial charge >= 0.3 is 12.3 Å². The summed E-state index contributed by atoms with van der Waals surface area (Å²) in [4.78, 5) is 18.2. The van der Waals surface area contributed by atoms with Gasteiger partial charge in [-0.2, -0.15) is 8.78 Å². The van der Waals surface area contributed by atoms with Crippen molar-refractivity contribution in [2.45, 2.75) is 25.2 Å². The summed E-state index contributed by atoms with van der Waals surface area (Å²) < 4.78 is 54.5. The Labute approximate surface area is 148 Å². The van der Waals surface area contributed by atoms with Crippen LogP contribution in [0.3, 0.4) is 0 Å². The minimum absolute atomic E-state index is 0.171. The second kappa shape index (κ2) is 7.77. The first-order valence-corrected chi connectivity index (χ1v) is 8.61. The summed E-state index contributed by atoms with van der Waals surface area (Å²) in [6.45, 7) is 1.85. The average Bonchev–Trinajstić information content (AvgIpc) is 2.98. The number of rotatable bonds is 5. The molecule has 1 aromatic heterocycles. The number of hydrogen-bond acceptors (Lipinski definition) is 4. The number of likely N-dealkylation sites (tertiary alicyclic amines) is 1. The molecule has 26 heavy (non-hydrogen) atoms. The molecule has 2 saturated heterocycles. The number of nitrogens with zero attached hydrogens (tertiary/aromatic N) is 2. The molecule has 2 aliphatic rings. The highest BCUT2D eigenvalue weighted by atomic mass is 19.3. The number of hydrogen-bond donors (Lipinski definition) is 1. The van der Waals surface area contributed by atoms with Gasteiger partial charge in [-0.1, -0.05) is 0 Å². The third-order valence-electron chi connectivity index (χ3n) is 5.02. The highest BCUT2D eigenvalue weighted by molar-refractivity contribution is 5.94. The topological polar surface area (TPSA) is 54.5 Å². The van der Waals surface area contributed by atoms with Crippen molar-refractivity contribution in [3.63, 3.8) is 0 Å². The fourth-order valence-corrected chi connectivity index (χ4v) is 3.43. The summed E-state index contributed by atoms with van der Waals surface area (Å²) >= 11 is 0. The number of ether oxygens (including phenoxy) is 1. The SMILES string of the molecule is O=C(c1ccc(OCC(F)(F)C(F)F)nc1)N1CC[C@@H]2CNC[C@@H]2CC1. The molecule has 0 aromatic carbocycles. The van der Waals surface area contributed by atoms with Gasteiger partial charge < -0.3 is 15.0 Å². The van der Waals surface area contributed by atoms with Crippen molar-refractivity contribution in [1.82, 2.24) is 15.2 Å². The quantitative estimate of drug-likeness (QED) is 0.804. The summed E-state index contributed by atoms with van der Waals surface area (Å²) in [5, 5.41) is 3.38. The standard InChI is InChI=1S/C17H21F4N3O2/c18-16(19)17(20,21)10-26-14-2-1-13(9-23-14)15(25)24-5-3-11-7-22-8-12(11)4-6-24/h1-2,9,11-12,16,22H,3-8,10H2/t11-,12+. The Morgan fingerprint density at radius 3 is 2.46 bits per heavy atom. The molecule has 3 rings (SSSR count). The molecule has 0 spiro atoms. The van der Waals surface area contributed by atoms with E-state index in [1.807, 2.05) is 0 Å². The third-order valence-corrected chi connectivity index (χ3v) is 5.02. The molecule has 2 atom stereocenters. The molecule has 2 fully saturated rings. The molecule has 144 valence electrons. The van der Waals surface area contributed by atoms with Gasteiger partial charge in [0.15, 0.2) is 6.61 Å². The zero-order valence-corrected chi connectivity index (χ0v) is 14.1. The normalized spacial score (nSPS) is 23.7. The van der Waals surface area contributed by atoms with E-state index in [-0.39, 0.29) is 11.8 Å². The van der Waals surface area contributed by atoms with Gasteiger partial charge in [-0.05, 0) is 43.8 Å². The van der Waals surface area contributed by atoms with E-state index in [2.05, 4.69) is 15.0 Å². The molecule has 0 unspecified atom stereocenters. The summed E-state index contributed by atoms with van der Waals surface area (Å²) in [6, 6.07) is 2.66. The lowest BCUT2D eigenvalue weighted by Gasteiger charge is -2.21. The first-order chi connectivity index (χ1) is 12.4. The van der Waals surface area contributed by atoms with E-state index in [1.54, 1.807) is 4.90 Å². The lowest BCUT2D eigenvalue weighted by atomic mass is 9.92. The van der Waals surface area contributed by atoms with Crippen molar-refractivity contribution in [2.75, 3.05) is 32.8 Å². The maximum atomic E-state index is 12.9. The van der Waals surface area contributed by atoms with Gasteiger partial charge in [0, 0.05) is 25.4 Å². The van der Waals surface area contributed by atoms with Crippen molar-refractivity contribution < 1.29 is 27.1 Å². The van der Waals surface area contributed by atoms with Gasteiger partial charge in [0.2, 0.25) is 5.88 Å². The smallest absolute Gasteiger partial charge is 0.340 e. The number of nitrogens with one attached hydrogen (secondary N) is 1. The molecule has 2 aliphatic heterocycles. The van der Waals surface area contributed by atoms with Crippen molar-refractivity contribution in [1.29, 1.82) is 0 Å². The number of carbonyl (C=O) groups excluding carboxylic acids is 1. The minimum atomic E-state index is -4.24. The molecule has 5 nitrogen and oxygen atoms in total. The Balaban J connectivity index is 1.57. The summed E-state index contributed by atoms with van der Waals surface area (Å²) in [5.74, 6) is -3.44. The monoisotopic (exact) mass is 375 g/mol. The van der Waals surface area contributed by atoms with Crippen LogP contribution in [0.15, 0.2) is 18.3 Å². The Morgan fingerprint density at radius 2 is 1.92 bits per heavy atom. The van der Waals surface area contributed by atoms with Crippen LogP contribution in [0.1, 0.15) is 23.2 Å². The second-order valence-corrected chi connectivity index (χ2v) is 6.78. The molecular weight excluding hydrogens is 354 g/mol. The van der Waals surface area contributed by atoms with Crippen LogP contribution in [0.5, 0.6) is 5.88 Å². The van der Waals surface area contributed by atoms with E-state index in [9.17, 15) is 22.4 Å². The molecule has 0 radical (unpaired) electrons. The Kier molecular flexibility index (Phi) is 5.64. The predicted octanol–water partition coefficient (Wildman–Crippen LogP) is 2.43. The van der Waals surface area contributed by atoms with Gasteiger partial charge in [0.1, 0.15) is 0 Å². The zero-order chi connectivity index (χ0) is 18.7. The maximum Gasteiger partial charge on any atom is 0.340 e. The summed E-state index contributed by atoms with van der Waals surface area (Å²) in [7, 11) is 0. The number of alkyl halides is 4. The van der Waals surface area contributed by atoms with Crippen LogP contribution in [-0.4, -0.2) is 60.9 Å². The van der Waals surface area contributed by atoms with Crippen LogP contribution in [-0.2, 0) is 0 Å². The van der Waals surface area contributed by atoms with Gasteiger partial charge in [-0.3, -0.25) is 4.79 Å². The van der Waals surface area contributed by atoms with Crippen LogP contribution >= 0.6 is 0 Å². The van der Waals surface area contributed by atoms with E-state index in [1.165, 1.54) is 18.3 Å². The number of amides is 1. The van der Waals surface area contributed by atoms with Crippen LogP contribution in [0.25, 0.3) is 0 Å². The van der Waals surface area contributed by atoms with Crippen molar-refractivity contribution in [3.8, 4) is 5.88 Å². The lowest BCUT2D eigenvalue weighted by molar-refractivity contribution is -0.148. The number of carbonyl (C=O) groups is 1. The minimum Gasteiger partial charge on any atom is -0.471 e. The van der Waals surface area contributed by atoms with E-state index in [4.69, 9.17) is 0 Å². The first kappa shape index (κ1) is 18.9. The van der Waals surface area contributed by atoms with Gasteiger partial charge in [-0.15, -0.1) is 0 Å². The van der Waals surface area contributed by atoms with E-state index in [0.29, 0.717) is 30.5 Å². The Morgan fingerprint density at radius 1 is 1.27 bits per heavy atom. The maximum absolute atomic E-state index is 12.9. The van der Waals surface area contributed by atoms with Gasteiger partial charge in [-0.25, -0.2) is 13.8 Å². The average molecular weight is 375 g/mol. The fourth-order valence-electron chi connectivity index (χ4n) is 3.43. The highest BCUT2D eigenvalue weighted by Crippen LogP contribution is 2.28. The highest BCUT2D eigenvalue weighted by Gasteiger charge is 2.41. The number of halogens is 4. The number of pyridine rings is 1. The number of aromatic nitrogens is 1. The molecule has 9 heteroatoms. The molecule has 0 aliphatic carbocycles. The van der Waals surface area contributed by atoms with E-state index < -0.39 is 19.0 Å². The molecule has 1 amide bonds. The van der Waals surface area contributed by atoms with E-state index in [0.717, 1.165) is 25.9 Å². The molecule has 1 aromatic rings.